The Labute approximate surface area is 167 Å². The van der Waals surface area contributed by atoms with Crippen molar-refractivity contribution >= 4 is 33.4 Å². The highest BCUT2D eigenvalue weighted by molar-refractivity contribution is 8.00. The van der Waals surface area contributed by atoms with Gasteiger partial charge in [0.2, 0.25) is 10.0 Å². The Balaban J connectivity index is 2.04. The number of nitrogens with two attached hydrogens (primary N) is 1. The fourth-order valence-corrected chi connectivity index (χ4v) is 4.57. The molecule has 3 aromatic rings. The lowest BCUT2D eigenvalue weighted by molar-refractivity contribution is 0.0697. The highest BCUT2D eigenvalue weighted by Crippen LogP contribution is 2.36. The monoisotopic (exact) mass is 414 g/mol. The molecule has 6 nitrogen and oxygen atoms in total. The van der Waals surface area contributed by atoms with Gasteiger partial charge in [-0.3, -0.25) is 0 Å². The van der Waals surface area contributed by atoms with Crippen molar-refractivity contribution in [2.24, 2.45) is 5.14 Å². The summed E-state index contributed by atoms with van der Waals surface area (Å²) in [5.74, 6) is -1.24. The van der Waals surface area contributed by atoms with Crippen molar-refractivity contribution in [3.05, 3.63) is 83.9 Å². The summed E-state index contributed by atoms with van der Waals surface area (Å²) in [6.07, 6.45) is 0. The third-order valence-corrected chi connectivity index (χ3v) is 6.06. The van der Waals surface area contributed by atoms with Crippen molar-refractivity contribution in [2.45, 2.75) is 21.2 Å². The summed E-state index contributed by atoms with van der Waals surface area (Å²) in [7, 11) is -4.11. The average Bonchev–Trinajstić information content (AvgIpc) is 2.67. The number of sulfonamides is 1. The minimum atomic E-state index is -4.11. The zero-order chi connectivity index (χ0) is 20.1. The van der Waals surface area contributed by atoms with Crippen LogP contribution in [0, 0.1) is 0 Å². The van der Waals surface area contributed by atoms with E-state index in [2.05, 4.69) is 5.32 Å². The zero-order valence-corrected chi connectivity index (χ0v) is 16.3. The molecular weight excluding hydrogens is 396 g/mol. The molecule has 0 saturated heterocycles. The highest BCUT2D eigenvalue weighted by atomic mass is 32.2. The SMILES string of the molecule is NS(=O)(=O)c1cc(C(=O)O)c(NCc2ccccc2)cc1Sc1ccccc1. The predicted molar refractivity (Wildman–Crippen MR) is 109 cm³/mol. The minimum absolute atomic E-state index is 0.155. The number of nitrogens with one attached hydrogen (secondary N) is 1. The van der Waals surface area contributed by atoms with Gasteiger partial charge in [0.25, 0.3) is 0 Å². The average molecular weight is 415 g/mol. The number of hydrogen-bond acceptors (Lipinski definition) is 5. The van der Waals surface area contributed by atoms with Crippen LogP contribution in [-0.2, 0) is 16.6 Å². The maximum atomic E-state index is 12.1. The van der Waals surface area contributed by atoms with E-state index < -0.39 is 16.0 Å². The summed E-state index contributed by atoms with van der Waals surface area (Å²) in [5, 5.41) is 18.0. The lowest BCUT2D eigenvalue weighted by Gasteiger charge is -2.15. The molecule has 0 aliphatic rings. The Morgan fingerprint density at radius 3 is 2.18 bits per heavy atom. The Morgan fingerprint density at radius 1 is 1.00 bits per heavy atom. The summed E-state index contributed by atoms with van der Waals surface area (Å²) >= 11 is 1.21. The van der Waals surface area contributed by atoms with E-state index in [0.29, 0.717) is 17.1 Å². The largest absolute Gasteiger partial charge is 0.478 e. The Bertz CT molecular complexity index is 1090. The Morgan fingerprint density at radius 2 is 1.61 bits per heavy atom. The number of carbonyl (C=O) groups is 1. The number of hydrogen-bond donors (Lipinski definition) is 3. The number of aromatic carboxylic acids is 1. The van der Waals surface area contributed by atoms with E-state index in [1.165, 1.54) is 17.8 Å². The van der Waals surface area contributed by atoms with Crippen LogP contribution < -0.4 is 10.5 Å². The van der Waals surface area contributed by atoms with Crippen LogP contribution in [0.4, 0.5) is 5.69 Å². The molecule has 0 spiro atoms. The maximum absolute atomic E-state index is 12.1. The topological polar surface area (TPSA) is 109 Å². The van der Waals surface area contributed by atoms with Gasteiger partial charge in [0.05, 0.1) is 16.1 Å². The van der Waals surface area contributed by atoms with Gasteiger partial charge in [0.15, 0.2) is 0 Å². The molecule has 0 amide bonds. The molecule has 144 valence electrons. The van der Waals surface area contributed by atoms with Gasteiger partial charge in [-0.1, -0.05) is 60.3 Å². The standard InChI is InChI=1S/C20H18N2O4S2/c21-28(25,26)19-11-16(20(23)24)17(22-13-14-7-3-1-4-8-14)12-18(19)27-15-9-5-2-6-10-15/h1-12,22H,13H2,(H,23,24)(H2,21,25,26). The number of anilines is 1. The van der Waals surface area contributed by atoms with Crippen LogP contribution in [0.5, 0.6) is 0 Å². The van der Waals surface area contributed by atoms with Crippen LogP contribution in [0.1, 0.15) is 15.9 Å². The van der Waals surface area contributed by atoms with Gasteiger partial charge in [-0.2, -0.15) is 0 Å². The van der Waals surface area contributed by atoms with Crippen LogP contribution in [0.25, 0.3) is 0 Å². The third kappa shape index (κ3) is 4.92. The second-order valence-electron chi connectivity index (χ2n) is 5.95. The van der Waals surface area contributed by atoms with Gasteiger partial charge in [-0.05, 0) is 29.8 Å². The van der Waals surface area contributed by atoms with Gasteiger partial charge in [0, 0.05) is 16.3 Å². The van der Waals surface area contributed by atoms with E-state index in [0.717, 1.165) is 16.5 Å². The fraction of sp³-hybridized carbons (Fsp3) is 0.0500. The maximum Gasteiger partial charge on any atom is 0.337 e. The molecule has 0 heterocycles. The third-order valence-electron chi connectivity index (χ3n) is 3.92. The van der Waals surface area contributed by atoms with E-state index in [4.69, 9.17) is 5.14 Å². The number of benzene rings is 3. The molecule has 0 radical (unpaired) electrons. The molecule has 0 saturated carbocycles. The molecule has 0 unspecified atom stereocenters. The summed E-state index contributed by atoms with van der Waals surface area (Å²) in [6.45, 7) is 0.394. The van der Waals surface area contributed by atoms with E-state index in [9.17, 15) is 18.3 Å². The smallest absolute Gasteiger partial charge is 0.337 e. The van der Waals surface area contributed by atoms with Crippen LogP contribution in [0.2, 0.25) is 0 Å². The molecule has 0 aliphatic heterocycles. The molecule has 4 N–H and O–H groups in total. The van der Waals surface area contributed by atoms with Crippen molar-refractivity contribution in [3.63, 3.8) is 0 Å². The van der Waals surface area contributed by atoms with E-state index in [-0.39, 0.29) is 10.5 Å². The first-order chi connectivity index (χ1) is 13.3. The summed E-state index contributed by atoms with van der Waals surface area (Å²) < 4.78 is 24.1. The fourth-order valence-electron chi connectivity index (χ4n) is 2.59. The van der Waals surface area contributed by atoms with Gasteiger partial charge in [-0.25, -0.2) is 18.4 Å². The predicted octanol–water partition coefficient (Wildman–Crippen LogP) is 3.80. The van der Waals surface area contributed by atoms with Crippen LogP contribution in [-0.4, -0.2) is 19.5 Å². The molecule has 0 aromatic heterocycles. The molecular formula is C20H18N2O4S2. The summed E-state index contributed by atoms with van der Waals surface area (Å²) in [4.78, 5) is 12.6. The molecule has 0 atom stereocenters. The lowest BCUT2D eigenvalue weighted by Crippen LogP contribution is -2.16. The minimum Gasteiger partial charge on any atom is -0.478 e. The number of carboxylic acids is 1. The van der Waals surface area contributed by atoms with E-state index in [1.54, 1.807) is 0 Å². The number of rotatable bonds is 7. The first kappa shape index (κ1) is 19.9. The Kier molecular flexibility index (Phi) is 6.03. The highest BCUT2D eigenvalue weighted by Gasteiger charge is 2.21. The van der Waals surface area contributed by atoms with Crippen LogP contribution in [0.15, 0.2) is 87.5 Å². The van der Waals surface area contributed by atoms with Crippen molar-refractivity contribution < 1.29 is 18.3 Å². The Hall–Kier alpha value is -2.81. The number of carboxylic acid groups (broad SMARTS) is 1. The molecule has 3 rings (SSSR count). The van der Waals surface area contributed by atoms with Crippen molar-refractivity contribution in [1.29, 1.82) is 0 Å². The van der Waals surface area contributed by atoms with Crippen LogP contribution >= 0.6 is 11.8 Å². The van der Waals surface area contributed by atoms with Crippen molar-refractivity contribution in [1.82, 2.24) is 0 Å². The first-order valence-corrected chi connectivity index (χ1v) is 10.7. The van der Waals surface area contributed by atoms with Gasteiger partial charge >= 0.3 is 5.97 Å². The number of primary sulfonamides is 1. The first-order valence-electron chi connectivity index (χ1n) is 8.29. The van der Waals surface area contributed by atoms with Crippen LogP contribution in [0.3, 0.4) is 0 Å². The quantitative estimate of drug-likeness (QED) is 0.543. The van der Waals surface area contributed by atoms with Gasteiger partial charge in [0.1, 0.15) is 0 Å². The summed E-state index contributed by atoms with van der Waals surface area (Å²) in [6, 6.07) is 21.3. The normalized spacial score (nSPS) is 11.2. The summed E-state index contributed by atoms with van der Waals surface area (Å²) in [5.41, 5.74) is 1.13. The second-order valence-corrected chi connectivity index (χ2v) is 8.59. The zero-order valence-electron chi connectivity index (χ0n) is 14.7. The van der Waals surface area contributed by atoms with E-state index >= 15 is 0 Å². The molecule has 0 bridgehead atoms. The van der Waals surface area contributed by atoms with Crippen molar-refractivity contribution in [3.8, 4) is 0 Å². The molecule has 0 aliphatic carbocycles. The van der Waals surface area contributed by atoms with Crippen molar-refractivity contribution in [2.75, 3.05) is 5.32 Å². The lowest BCUT2D eigenvalue weighted by atomic mass is 10.1. The van der Waals surface area contributed by atoms with E-state index in [1.807, 2.05) is 60.7 Å². The van der Waals surface area contributed by atoms with Gasteiger partial charge < -0.3 is 10.4 Å². The molecule has 3 aromatic carbocycles. The second kappa shape index (κ2) is 8.47. The molecule has 8 heteroatoms. The van der Waals surface area contributed by atoms with Gasteiger partial charge in [-0.15, -0.1) is 0 Å². The molecule has 0 fully saturated rings. The molecule has 28 heavy (non-hydrogen) atoms.